The number of fused-ring (bicyclic) bond motifs is 1. The van der Waals surface area contributed by atoms with Crippen molar-refractivity contribution >= 4 is 29.4 Å². The van der Waals surface area contributed by atoms with E-state index in [0.717, 1.165) is 12.0 Å². The number of hydrogen-bond donors (Lipinski definition) is 1. The molecule has 2 aromatic carbocycles. The molecule has 10 heteroatoms. The Morgan fingerprint density at radius 3 is 2.64 bits per heavy atom. The minimum atomic E-state index is -1.03. The van der Waals surface area contributed by atoms with Crippen molar-refractivity contribution in [2.75, 3.05) is 13.7 Å². The molecule has 1 aliphatic rings. The lowest BCUT2D eigenvalue weighted by Gasteiger charge is -2.26. The highest BCUT2D eigenvalue weighted by molar-refractivity contribution is 7.07. The van der Waals surface area contributed by atoms with Crippen LogP contribution >= 0.6 is 11.3 Å². The predicted molar refractivity (Wildman–Crippen MR) is 158 cm³/mol. The lowest BCUT2D eigenvalue weighted by Crippen LogP contribution is -2.40. The molecular formula is C32H30N2O7S. The summed E-state index contributed by atoms with van der Waals surface area (Å²) in [6, 6.07) is 14.8. The summed E-state index contributed by atoms with van der Waals surface area (Å²) in [6.45, 7) is 5.79. The minimum Gasteiger partial charge on any atom is -0.496 e. The van der Waals surface area contributed by atoms with Crippen molar-refractivity contribution in [2.24, 2.45) is 4.99 Å². The quantitative estimate of drug-likeness (QED) is 0.278. The molecule has 5 rings (SSSR count). The van der Waals surface area contributed by atoms with E-state index in [9.17, 15) is 19.5 Å². The zero-order valence-corrected chi connectivity index (χ0v) is 24.5. The van der Waals surface area contributed by atoms with Gasteiger partial charge in [0.2, 0.25) is 0 Å². The van der Waals surface area contributed by atoms with Gasteiger partial charge < -0.3 is 19.0 Å². The van der Waals surface area contributed by atoms with Crippen molar-refractivity contribution < 1.29 is 28.6 Å². The summed E-state index contributed by atoms with van der Waals surface area (Å²) in [6.07, 6.45) is 2.91. The lowest BCUT2D eigenvalue weighted by atomic mass is 9.93. The van der Waals surface area contributed by atoms with Crippen molar-refractivity contribution in [1.82, 2.24) is 4.57 Å². The molecule has 3 heterocycles. The Morgan fingerprint density at radius 1 is 1.14 bits per heavy atom. The van der Waals surface area contributed by atoms with E-state index in [1.54, 1.807) is 56.5 Å². The number of rotatable bonds is 9. The topological polar surface area (TPSA) is 120 Å². The summed E-state index contributed by atoms with van der Waals surface area (Å²) in [7, 11) is 1.55. The first-order valence-corrected chi connectivity index (χ1v) is 14.4. The van der Waals surface area contributed by atoms with Crippen LogP contribution in [0.15, 0.2) is 80.1 Å². The molecule has 0 spiro atoms. The summed E-state index contributed by atoms with van der Waals surface area (Å²) >= 11 is 1.20. The fourth-order valence-electron chi connectivity index (χ4n) is 5.03. The van der Waals surface area contributed by atoms with Gasteiger partial charge in [0, 0.05) is 17.2 Å². The van der Waals surface area contributed by atoms with E-state index in [0.29, 0.717) is 55.4 Å². The second kappa shape index (κ2) is 12.0. The number of carbonyl (C=O) groups excluding carboxylic acids is 1. The lowest BCUT2D eigenvalue weighted by molar-refractivity contribution is -0.139. The zero-order valence-electron chi connectivity index (χ0n) is 23.7. The van der Waals surface area contributed by atoms with Gasteiger partial charge >= 0.3 is 11.9 Å². The number of thiazole rings is 1. The molecule has 42 heavy (non-hydrogen) atoms. The van der Waals surface area contributed by atoms with E-state index in [1.807, 2.05) is 32.0 Å². The molecule has 0 unspecified atom stereocenters. The Bertz CT molecular complexity index is 1890. The number of allylic oxidation sites excluding steroid dienone is 1. The molecule has 4 aromatic rings. The van der Waals surface area contributed by atoms with E-state index in [2.05, 4.69) is 0 Å². The number of aryl methyl sites for hydroxylation is 1. The Kier molecular flexibility index (Phi) is 8.26. The van der Waals surface area contributed by atoms with Gasteiger partial charge in [-0.05, 0) is 56.2 Å². The summed E-state index contributed by atoms with van der Waals surface area (Å²) in [5, 5.41) is 9.41. The van der Waals surface area contributed by atoms with Crippen LogP contribution in [0.2, 0.25) is 0 Å². The van der Waals surface area contributed by atoms with Gasteiger partial charge in [0.05, 0.1) is 35.1 Å². The van der Waals surface area contributed by atoms with Crippen molar-refractivity contribution in [2.45, 2.75) is 39.7 Å². The average molecular weight is 587 g/mol. The highest BCUT2D eigenvalue weighted by Crippen LogP contribution is 2.37. The maximum Gasteiger partial charge on any atom is 0.338 e. The van der Waals surface area contributed by atoms with E-state index >= 15 is 0 Å². The van der Waals surface area contributed by atoms with E-state index in [-0.39, 0.29) is 17.7 Å². The zero-order chi connectivity index (χ0) is 30.0. The summed E-state index contributed by atoms with van der Waals surface area (Å²) in [5.74, 6) is -0.117. The number of carboxylic acids is 1. The molecule has 1 atom stereocenters. The van der Waals surface area contributed by atoms with Gasteiger partial charge in [-0.1, -0.05) is 48.9 Å². The smallest absolute Gasteiger partial charge is 0.338 e. The number of ether oxygens (including phenoxy) is 2. The monoisotopic (exact) mass is 586 g/mol. The third-order valence-electron chi connectivity index (χ3n) is 6.98. The fraction of sp³-hybridized carbons (Fsp3) is 0.250. The van der Waals surface area contributed by atoms with Crippen LogP contribution in [0.1, 0.15) is 60.0 Å². The van der Waals surface area contributed by atoms with Crippen LogP contribution in [-0.4, -0.2) is 35.3 Å². The van der Waals surface area contributed by atoms with Crippen LogP contribution in [0.3, 0.4) is 0 Å². The van der Waals surface area contributed by atoms with Gasteiger partial charge in [-0.15, -0.1) is 0 Å². The number of carbonyl (C=O) groups is 2. The number of aromatic carboxylic acids is 1. The van der Waals surface area contributed by atoms with Crippen LogP contribution in [0, 0.1) is 6.92 Å². The van der Waals surface area contributed by atoms with Crippen LogP contribution in [0.5, 0.6) is 5.75 Å². The maximum atomic E-state index is 14.0. The molecule has 0 aliphatic carbocycles. The third-order valence-corrected chi connectivity index (χ3v) is 7.96. The summed E-state index contributed by atoms with van der Waals surface area (Å²) in [4.78, 5) is 44.1. The Morgan fingerprint density at radius 2 is 1.93 bits per heavy atom. The van der Waals surface area contributed by atoms with Crippen molar-refractivity contribution in [3.63, 3.8) is 0 Å². The predicted octanol–water partition coefficient (Wildman–Crippen LogP) is 4.85. The first-order chi connectivity index (χ1) is 20.3. The van der Waals surface area contributed by atoms with Gasteiger partial charge in [0.1, 0.15) is 23.3 Å². The molecule has 2 aromatic heterocycles. The van der Waals surface area contributed by atoms with Gasteiger partial charge in [-0.3, -0.25) is 9.36 Å². The number of aromatic nitrogens is 1. The van der Waals surface area contributed by atoms with Crippen molar-refractivity contribution in [3.05, 3.63) is 108 Å². The Labute approximate surface area is 245 Å². The van der Waals surface area contributed by atoms with E-state index < -0.39 is 18.0 Å². The molecule has 0 bridgehead atoms. The van der Waals surface area contributed by atoms with Crippen molar-refractivity contribution in [1.29, 1.82) is 0 Å². The SMILES string of the molecule is CCCC1=C(C(=O)OCC)[C@@H](c2ccccc2OC)n2c(s/c(=C\c3ccc(-c4cc(C(=O)O)ccc4C)o3)c2=O)=N1. The Balaban J connectivity index is 1.68. The highest BCUT2D eigenvalue weighted by atomic mass is 32.1. The average Bonchev–Trinajstić information content (AvgIpc) is 3.56. The van der Waals surface area contributed by atoms with Gasteiger partial charge in [-0.2, -0.15) is 0 Å². The molecule has 9 nitrogen and oxygen atoms in total. The van der Waals surface area contributed by atoms with Crippen molar-refractivity contribution in [3.8, 4) is 17.1 Å². The van der Waals surface area contributed by atoms with Crippen LogP contribution < -0.4 is 19.6 Å². The molecule has 1 aliphatic heterocycles. The van der Waals surface area contributed by atoms with E-state index in [4.69, 9.17) is 18.9 Å². The minimum absolute atomic E-state index is 0.151. The van der Waals surface area contributed by atoms with Crippen LogP contribution in [0.4, 0.5) is 0 Å². The molecule has 0 amide bonds. The summed E-state index contributed by atoms with van der Waals surface area (Å²) in [5.41, 5.74) is 2.85. The second-order valence-corrected chi connectivity index (χ2v) is 10.7. The molecule has 0 fully saturated rings. The molecular weight excluding hydrogens is 556 g/mol. The number of hydrogen-bond acceptors (Lipinski definition) is 8. The molecule has 0 saturated carbocycles. The van der Waals surface area contributed by atoms with Gasteiger partial charge in [0.15, 0.2) is 4.80 Å². The second-order valence-electron chi connectivity index (χ2n) is 9.69. The highest BCUT2D eigenvalue weighted by Gasteiger charge is 2.35. The number of nitrogens with zero attached hydrogens (tertiary/aromatic N) is 2. The van der Waals surface area contributed by atoms with E-state index in [1.165, 1.54) is 15.9 Å². The number of para-hydroxylation sites is 1. The first-order valence-electron chi connectivity index (χ1n) is 13.6. The molecule has 216 valence electrons. The first kappa shape index (κ1) is 28.8. The fourth-order valence-corrected chi connectivity index (χ4v) is 6.03. The maximum absolute atomic E-state index is 14.0. The third kappa shape index (κ3) is 5.33. The number of furan rings is 1. The molecule has 0 radical (unpaired) electrons. The number of benzene rings is 2. The number of esters is 1. The largest absolute Gasteiger partial charge is 0.496 e. The van der Waals surface area contributed by atoms with Gasteiger partial charge in [0.25, 0.3) is 5.56 Å². The Hall–Kier alpha value is -4.70. The van der Waals surface area contributed by atoms with Crippen LogP contribution in [0.25, 0.3) is 17.4 Å². The molecule has 0 saturated heterocycles. The normalized spacial score (nSPS) is 14.9. The summed E-state index contributed by atoms with van der Waals surface area (Å²) < 4.78 is 19.0. The molecule has 1 N–H and O–H groups in total. The van der Waals surface area contributed by atoms with Gasteiger partial charge in [-0.25, -0.2) is 14.6 Å². The number of methoxy groups -OCH3 is 1. The van der Waals surface area contributed by atoms with Crippen LogP contribution in [-0.2, 0) is 9.53 Å². The number of carboxylic acid groups (broad SMARTS) is 1. The standard InChI is InChI=1S/C32H30N2O7S/c1-5-9-23-27(31(38)40-6-2)28(21-10-7-8-11-24(21)39-4)34-29(35)26(42-32(34)33-23)17-20-14-15-25(41-20)22-16-19(30(36)37)13-12-18(22)3/h7-8,10-17,28H,5-6,9H2,1-4H3,(H,36,37)/b26-17-/t28-/m1/s1.